The van der Waals surface area contributed by atoms with Gasteiger partial charge in [0, 0.05) is 7.05 Å². The second-order valence-corrected chi connectivity index (χ2v) is 4.99. The Morgan fingerprint density at radius 2 is 2.20 bits per heavy atom. The van der Waals surface area contributed by atoms with Crippen molar-refractivity contribution < 1.29 is 9.59 Å². The van der Waals surface area contributed by atoms with Crippen LogP contribution in [0, 0.1) is 0 Å². The number of carbonyl (C=O) groups excluding carboxylic acids is 2. The highest BCUT2D eigenvalue weighted by molar-refractivity contribution is 8.03. The molecule has 0 radical (unpaired) electrons. The molecule has 82 valence electrons. The number of nitrogens with zero attached hydrogens (tertiary/aromatic N) is 2. The lowest BCUT2D eigenvalue weighted by Crippen LogP contribution is -2.34. The van der Waals surface area contributed by atoms with Gasteiger partial charge in [0.25, 0.3) is 0 Å². The zero-order valence-electron chi connectivity index (χ0n) is 8.18. The van der Waals surface area contributed by atoms with Crippen LogP contribution in [0.2, 0.25) is 0 Å². The zero-order valence-corrected chi connectivity index (χ0v) is 9.82. The number of aromatic nitrogens is 2. The summed E-state index contributed by atoms with van der Waals surface area (Å²) in [7, 11) is 1.48. The number of thioether (sulfide) groups is 1. The molecule has 0 aliphatic rings. The molecule has 0 spiro atoms. The van der Waals surface area contributed by atoms with Gasteiger partial charge in [0.05, 0.1) is 0 Å². The summed E-state index contributed by atoms with van der Waals surface area (Å²) >= 11 is 2.20. The van der Waals surface area contributed by atoms with Crippen LogP contribution in [0.1, 0.15) is 6.92 Å². The molecular weight excluding hydrogens is 236 g/mol. The maximum absolute atomic E-state index is 11.3. The fourth-order valence-corrected chi connectivity index (χ4v) is 2.58. The van der Waals surface area contributed by atoms with E-state index in [0.717, 1.165) is 23.1 Å². The number of rotatable bonds is 4. The van der Waals surface area contributed by atoms with Crippen molar-refractivity contribution in [2.75, 3.05) is 12.8 Å². The van der Waals surface area contributed by atoms with E-state index in [1.165, 1.54) is 14.0 Å². The highest BCUT2D eigenvalue weighted by Gasteiger charge is 2.25. The molecule has 15 heavy (non-hydrogen) atoms. The molecule has 1 atom stereocenters. The molecule has 0 saturated carbocycles. The summed E-state index contributed by atoms with van der Waals surface area (Å²) in [6, 6.07) is 0. The quantitative estimate of drug-likeness (QED) is 0.569. The van der Waals surface area contributed by atoms with Gasteiger partial charge >= 0.3 is 0 Å². The molecule has 6 nitrogen and oxygen atoms in total. The molecule has 0 fully saturated rings. The van der Waals surface area contributed by atoms with Crippen LogP contribution in [0.25, 0.3) is 0 Å². The smallest absolute Gasteiger partial charge is 0.240 e. The third-order valence-corrected chi connectivity index (χ3v) is 3.65. The average molecular weight is 246 g/mol. The number of hydrogen-bond donors (Lipinski definition) is 2. The number of hydrogen-bond acceptors (Lipinski definition) is 7. The van der Waals surface area contributed by atoms with Crippen LogP contribution in [-0.4, -0.2) is 34.2 Å². The van der Waals surface area contributed by atoms with Gasteiger partial charge in [0.1, 0.15) is 5.25 Å². The minimum atomic E-state index is -0.789. The van der Waals surface area contributed by atoms with Gasteiger partial charge in [-0.05, 0) is 6.92 Å². The first-order chi connectivity index (χ1) is 7.04. The predicted molar refractivity (Wildman–Crippen MR) is 58.7 cm³/mol. The van der Waals surface area contributed by atoms with Crippen LogP contribution in [0.3, 0.4) is 0 Å². The van der Waals surface area contributed by atoms with E-state index in [1.54, 1.807) is 0 Å². The predicted octanol–water partition coefficient (Wildman–Crippen LogP) is -0.0840. The van der Waals surface area contributed by atoms with Crippen LogP contribution < -0.4 is 11.1 Å². The Morgan fingerprint density at radius 3 is 2.60 bits per heavy atom. The van der Waals surface area contributed by atoms with Gasteiger partial charge in [-0.3, -0.25) is 9.59 Å². The lowest BCUT2D eigenvalue weighted by Gasteiger charge is -2.08. The molecule has 0 aromatic carbocycles. The van der Waals surface area contributed by atoms with Gasteiger partial charge in [-0.25, -0.2) is 0 Å². The Balaban J connectivity index is 2.75. The van der Waals surface area contributed by atoms with E-state index >= 15 is 0 Å². The Morgan fingerprint density at radius 1 is 1.53 bits per heavy atom. The first-order valence-electron chi connectivity index (χ1n) is 4.02. The van der Waals surface area contributed by atoms with Crippen LogP contribution >= 0.6 is 23.1 Å². The number of anilines is 1. The van der Waals surface area contributed by atoms with E-state index in [2.05, 4.69) is 15.5 Å². The fourth-order valence-electron chi connectivity index (χ4n) is 0.821. The van der Waals surface area contributed by atoms with Crippen molar-refractivity contribution >= 4 is 39.9 Å². The summed E-state index contributed by atoms with van der Waals surface area (Å²) in [5, 5.41) is 9.27. The number of Topliss-reactive ketones (excluding diaryl/α,β-unsaturated/α-hetero) is 1. The largest absolute Gasteiger partial charge is 0.374 e. The number of carbonyl (C=O) groups is 2. The highest BCUT2D eigenvalue weighted by Crippen LogP contribution is 2.28. The molecule has 1 amide bonds. The molecule has 8 heteroatoms. The second kappa shape index (κ2) is 5.08. The molecule has 1 rings (SSSR count). The summed E-state index contributed by atoms with van der Waals surface area (Å²) in [6.07, 6.45) is 0. The number of ketones is 1. The summed E-state index contributed by atoms with van der Waals surface area (Å²) in [5.74, 6) is -0.575. The summed E-state index contributed by atoms with van der Waals surface area (Å²) in [5.41, 5.74) is 5.39. The van der Waals surface area contributed by atoms with Gasteiger partial charge < -0.3 is 11.1 Å². The maximum atomic E-state index is 11.3. The summed E-state index contributed by atoms with van der Waals surface area (Å²) in [6.45, 7) is 1.36. The van der Waals surface area contributed by atoms with Crippen molar-refractivity contribution in [2.24, 2.45) is 0 Å². The van der Waals surface area contributed by atoms with Crippen LogP contribution in [-0.2, 0) is 9.59 Å². The van der Waals surface area contributed by atoms with E-state index in [1.807, 2.05) is 0 Å². The van der Waals surface area contributed by atoms with Crippen molar-refractivity contribution in [1.29, 1.82) is 0 Å². The van der Waals surface area contributed by atoms with Gasteiger partial charge in [-0.1, -0.05) is 23.1 Å². The first kappa shape index (κ1) is 11.9. The molecule has 0 bridgehead atoms. The number of nitrogens with one attached hydrogen (secondary N) is 1. The second-order valence-electron chi connectivity index (χ2n) is 2.63. The Hall–Kier alpha value is -1.15. The fraction of sp³-hybridized carbons (Fsp3) is 0.429. The summed E-state index contributed by atoms with van der Waals surface area (Å²) in [4.78, 5) is 22.5. The molecule has 1 aromatic heterocycles. The molecule has 1 aromatic rings. The van der Waals surface area contributed by atoms with E-state index in [9.17, 15) is 9.59 Å². The third-order valence-electron chi connectivity index (χ3n) is 1.49. The van der Waals surface area contributed by atoms with E-state index < -0.39 is 5.25 Å². The van der Waals surface area contributed by atoms with Crippen molar-refractivity contribution in [1.82, 2.24) is 15.5 Å². The van der Waals surface area contributed by atoms with Crippen molar-refractivity contribution in [3.8, 4) is 0 Å². The van der Waals surface area contributed by atoms with E-state index in [-0.39, 0.29) is 11.7 Å². The van der Waals surface area contributed by atoms with E-state index in [0.29, 0.717) is 9.47 Å². The molecule has 3 N–H and O–H groups in total. The van der Waals surface area contributed by atoms with Crippen molar-refractivity contribution in [3.63, 3.8) is 0 Å². The molecule has 1 heterocycles. The zero-order chi connectivity index (χ0) is 11.4. The topological polar surface area (TPSA) is 98.0 Å². The Labute approximate surface area is 94.6 Å². The van der Waals surface area contributed by atoms with E-state index in [4.69, 9.17) is 5.73 Å². The monoisotopic (exact) mass is 246 g/mol. The lowest BCUT2D eigenvalue weighted by molar-refractivity contribution is -0.126. The minimum absolute atomic E-state index is 0.229. The number of amides is 1. The third kappa shape index (κ3) is 3.17. The van der Waals surface area contributed by atoms with Gasteiger partial charge in [0.2, 0.25) is 11.0 Å². The van der Waals surface area contributed by atoms with Crippen LogP contribution in [0.15, 0.2) is 4.34 Å². The van der Waals surface area contributed by atoms with Crippen LogP contribution in [0.5, 0.6) is 0 Å². The number of nitrogen functional groups attached to an aromatic ring is 1. The normalized spacial score (nSPS) is 12.1. The lowest BCUT2D eigenvalue weighted by atomic mass is 10.3. The Kier molecular flexibility index (Phi) is 4.04. The molecule has 0 unspecified atom stereocenters. The van der Waals surface area contributed by atoms with Gasteiger partial charge in [0.15, 0.2) is 10.1 Å². The standard InChI is InChI=1S/C7H10N4O2S2/c1-3(12)4(5(13)9-2)14-7-11-10-6(8)15-7/h4H,1-2H3,(H2,8,10)(H,9,13)/t4-/m1/s1. The van der Waals surface area contributed by atoms with Crippen molar-refractivity contribution in [2.45, 2.75) is 16.5 Å². The van der Waals surface area contributed by atoms with Gasteiger partial charge in [-0.2, -0.15) is 0 Å². The summed E-state index contributed by atoms with van der Waals surface area (Å²) < 4.78 is 0.510. The molecule has 0 aliphatic heterocycles. The Bertz CT molecular complexity index is 379. The number of nitrogens with two attached hydrogens (primary N) is 1. The maximum Gasteiger partial charge on any atom is 0.240 e. The molecular formula is C7H10N4O2S2. The molecule has 0 aliphatic carbocycles. The minimum Gasteiger partial charge on any atom is -0.374 e. The van der Waals surface area contributed by atoms with Gasteiger partial charge in [-0.15, -0.1) is 10.2 Å². The van der Waals surface area contributed by atoms with Crippen LogP contribution in [0.4, 0.5) is 5.13 Å². The molecule has 0 saturated heterocycles. The van der Waals surface area contributed by atoms with Crippen molar-refractivity contribution in [3.05, 3.63) is 0 Å². The highest BCUT2D eigenvalue weighted by atomic mass is 32.2. The SMILES string of the molecule is CNC(=O)[C@H](Sc1nnc(N)s1)C(C)=O. The average Bonchev–Trinajstić information content (AvgIpc) is 2.59. The first-order valence-corrected chi connectivity index (χ1v) is 5.72.